The molecule has 166 valence electrons. The Bertz CT molecular complexity index is 1120. The number of imide groups is 1. The Morgan fingerprint density at radius 3 is 2.62 bits per heavy atom. The molecule has 0 aliphatic carbocycles. The van der Waals surface area contributed by atoms with Gasteiger partial charge in [-0.05, 0) is 54.6 Å². The van der Waals surface area contributed by atoms with Crippen LogP contribution in [-0.4, -0.2) is 47.4 Å². The number of nitrogens with zero attached hydrogens (tertiary/aromatic N) is 1. The maximum atomic E-state index is 12.5. The first-order valence-corrected chi connectivity index (χ1v) is 11.0. The van der Waals surface area contributed by atoms with Crippen LogP contribution in [0.5, 0.6) is 5.75 Å². The van der Waals surface area contributed by atoms with Crippen LogP contribution in [0.4, 0.5) is 4.79 Å². The number of halogens is 2. The van der Waals surface area contributed by atoms with Crippen molar-refractivity contribution in [3.63, 3.8) is 0 Å². The smallest absolute Gasteiger partial charge is 0.293 e. The van der Waals surface area contributed by atoms with Gasteiger partial charge in [-0.3, -0.25) is 24.1 Å². The van der Waals surface area contributed by atoms with Crippen LogP contribution in [0.25, 0.3) is 6.08 Å². The van der Waals surface area contributed by atoms with E-state index in [0.29, 0.717) is 26.9 Å². The lowest BCUT2D eigenvalue weighted by Gasteiger charge is -2.13. The van der Waals surface area contributed by atoms with Gasteiger partial charge in [0.05, 0.1) is 15.0 Å². The van der Waals surface area contributed by atoms with E-state index in [1.54, 1.807) is 48.5 Å². The highest BCUT2D eigenvalue weighted by Crippen LogP contribution is 2.33. The molecule has 0 radical (unpaired) electrons. The number of carbonyl (C=O) groups is 4. The molecular formula is C22H18Cl2N2O5S. The third kappa shape index (κ3) is 6.12. The van der Waals surface area contributed by atoms with Crippen molar-refractivity contribution in [3.05, 3.63) is 68.5 Å². The van der Waals surface area contributed by atoms with Gasteiger partial charge < -0.3 is 10.1 Å². The summed E-state index contributed by atoms with van der Waals surface area (Å²) < 4.78 is 5.38. The number of rotatable bonds is 8. The fourth-order valence-corrected chi connectivity index (χ4v) is 3.93. The second-order valence-corrected chi connectivity index (χ2v) is 8.54. The first-order valence-electron chi connectivity index (χ1n) is 9.45. The first kappa shape index (κ1) is 23.8. The molecule has 0 atom stereocenters. The Morgan fingerprint density at radius 2 is 1.91 bits per heavy atom. The van der Waals surface area contributed by atoms with Crippen LogP contribution in [0.1, 0.15) is 22.8 Å². The highest BCUT2D eigenvalue weighted by Gasteiger charge is 2.34. The molecule has 0 bridgehead atoms. The molecular weight excluding hydrogens is 475 g/mol. The van der Waals surface area contributed by atoms with Crippen molar-refractivity contribution in [3.8, 4) is 5.75 Å². The second kappa shape index (κ2) is 10.7. The fraction of sp³-hybridized carbons (Fsp3) is 0.182. The third-order valence-corrected chi connectivity index (χ3v) is 6.03. The minimum absolute atomic E-state index is 0.0228. The monoisotopic (exact) mass is 492 g/mol. The van der Waals surface area contributed by atoms with E-state index in [1.165, 1.54) is 6.92 Å². The van der Waals surface area contributed by atoms with Gasteiger partial charge in [-0.1, -0.05) is 41.4 Å². The summed E-state index contributed by atoms with van der Waals surface area (Å²) >= 11 is 12.7. The zero-order chi connectivity index (χ0) is 23.3. The summed E-state index contributed by atoms with van der Waals surface area (Å²) in [5.41, 5.74) is 1.13. The molecule has 1 aliphatic rings. The highest BCUT2D eigenvalue weighted by molar-refractivity contribution is 8.18. The number of ether oxygens (including phenoxy) is 1. The summed E-state index contributed by atoms with van der Waals surface area (Å²) in [6, 6.07) is 11.4. The van der Waals surface area contributed by atoms with Gasteiger partial charge in [0.15, 0.2) is 12.4 Å². The number of Topliss-reactive ketones (excluding diaryl/α,β-unsaturated/α-hetero) is 1. The standard InChI is InChI=1S/C22H18Cl2N2O5S/c1-13(27)15-3-2-4-16(11-15)31-12-20(28)25-7-8-26-21(29)19(32-22(26)30)10-14-5-6-17(23)18(24)9-14/h2-6,9-11H,7-8,12H2,1H3,(H,25,28)/b19-10-. The predicted octanol–water partition coefficient (Wildman–Crippen LogP) is 4.43. The summed E-state index contributed by atoms with van der Waals surface area (Å²) in [5.74, 6) is -0.578. The van der Waals surface area contributed by atoms with E-state index >= 15 is 0 Å². The molecule has 32 heavy (non-hydrogen) atoms. The Kier molecular flexibility index (Phi) is 7.95. The van der Waals surface area contributed by atoms with Crippen molar-refractivity contribution in [1.29, 1.82) is 0 Å². The number of nitrogens with one attached hydrogen (secondary N) is 1. The summed E-state index contributed by atoms with van der Waals surface area (Å²) in [7, 11) is 0. The van der Waals surface area contributed by atoms with Crippen LogP contribution in [0.15, 0.2) is 47.4 Å². The number of thioether (sulfide) groups is 1. The van der Waals surface area contributed by atoms with E-state index in [9.17, 15) is 19.2 Å². The number of amides is 3. The molecule has 0 saturated carbocycles. The number of ketones is 1. The lowest BCUT2D eigenvalue weighted by Crippen LogP contribution is -2.38. The van der Waals surface area contributed by atoms with E-state index in [0.717, 1.165) is 16.7 Å². The van der Waals surface area contributed by atoms with Gasteiger partial charge in [0, 0.05) is 18.7 Å². The molecule has 2 aromatic carbocycles. The topological polar surface area (TPSA) is 92.8 Å². The molecule has 1 N–H and O–H groups in total. The normalized spacial score (nSPS) is 14.7. The Labute approximate surface area is 198 Å². The summed E-state index contributed by atoms with van der Waals surface area (Å²) in [4.78, 5) is 49.5. The molecule has 0 aromatic heterocycles. The van der Waals surface area contributed by atoms with Crippen LogP contribution in [0.3, 0.4) is 0 Å². The lowest BCUT2D eigenvalue weighted by atomic mass is 10.1. The van der Waals surface area contributed by atoms with Crippen molar-refractivity contribution < 1.29 is 23.9 Å². The van der Waals surface area contributed by atoms with Gasteiger partial charge in [0.2, 0.25) is 0 Å². The summed E-state index contributed by atoms with van der Waals surface area (Å²) in [5, 5.41) is 2.91. The van der Waals surface area contributed by atoms with Crippen LogP contribution in [-0.2, 0) is 9.59 Å². The fourth-order valence-electron chi connectivity index (χ4n) is 2.76. The molecule has 2 aromatic rings. The molecule has 3 rings (SSSR count). The van der Waals surface area contributed by atoms with E-state index in [2.05, 4.69) is 5.32 Å². The summed E-state index contributed by atoms with van der Waals surface area (Å²) in [6.45, 7) is 1.28. The molecule has 0 spiro atoms. The van der Waals surface area contributed by atoms with Crippen LogP contribution >= 0.6 is 35.0 Å². The molecule has 1 saturated heterocycles. The maximum Gasteiger partial charge on any atom is 0.293 e. The zero-order valence-electron chi connectivity index (χ0n) is 16.9. The average Bonchev–Trinajstić information content (AvgIpc) is 3.02. The van der Waals surface area contributed by atoms with Crippen molar-refractivity contribution >= 4 is 63.9 Å². The zero-order valence-corrected chi connectivity index (χ0v) is 19.2. The van der Waals surface area contributed by atoms with Crippen molar-refractivity contribution in [1.82, 2.24) is 10.2 Å². The molecule has 1 aliphatic heterocycles. The first-order chi connectivity index (χ1) is 15.2. The molecule has 0 unspecified atom stereocenters. The predicted molar refractivity (Wildman–Crippen MR) is 124 cm³/mol. The molecule has 1 fully saturated rings. The number of hydrogen-bond donors (Lipinski definition) is 1. The molecule has 1 heterocycles. The van der Waals surface area contributed by atoms with Crippen LogP contribution in [0.2, 0.25) is 10.0 Å². The third-order valence-electron chi connectivity index (χ3n) is 4.38. The lowest BCUT2D eigenvalue weighted by molar-refractivity contribution is -0.125. The maximum absolute atomic E-state index is 12.5. The Balaban J connectivity index is 1.49. The highest BCUT2D eigenvalue weighted by atomic mass is 35.5. The molecule has 10 heteroatoms. The van der Waals surface area contributed by atoms with E-state index in [4.69, 9.17) is 27.9 Å². The minimum Gasteiger partial charge on any atom is -0.484 e. The number of carbonyl (C=O) groups excluding carboxylic acids is 4. The Morgan fingerprint density at radius 1 is 1.12 bits per heavy atom. The summed E-state index contributed by atoms with van der Waals surface area (Å²) in [6.07, 6.45) is 1.56. The van der Waals surface area contributed by atoms with Gasteiger partial charge in [-0.15, -0.1) is 0 Å². The van der Waals surface area contributed by atoms with Gasteiger partial charge in [0.25, 0.3) is 17.1 Å². The second-order valence-electron chi connectivity index (χ2n) is 6.73. The van der Waals surface area contributed by atoms with Gasteiger partial charge >= 0.3 is 0 Å². The van der Waals surface area contributed by atoms with Crippen molar-refractivity contribution in [2.24, 2.45) is 0 Å². The molecule has 7 nitrogen and oxygen atoms in total. The van der Waals surface area contributed by atoms with Crippen LogP contribution < -0.4 is 10.1 Å². The van der Waals surface area contributed by atoms with Crippen LogP contribution in [0, 0.1) is 0 Å². The van der Waals surface area contributed by atoms with E-state index in [1.807, 2.05) is 0 Å². The van der Waals surface area contributed by atoms with E-state index in [-0.39, 0.29) is 30.4 Å². The SMILES string of the molecule is CC(=O)c1cccc(OCC(=O)NCCN2C(=O)S/C(=C\c3ccc(Cl)c(Cl)c3)C2=O)c1. The number of benzene rings is 2. The quantitative estimate of drug-likeness (QED) is 0.432. The van der Waals surface area contributed by atoms with Crippen molar-refractivity contribution in [2.75, 3.05) is 19.7 Å². The minimum atomic E-state index is -0.447. The Hall–Kier alpha value is -2.81. The average molecular weight is 493 g/mol. The molecule has 3 amide bonds. The van der Waals surface area contributed by atoms with Gasteiger partial charge in [-0.2, -0.15) is 0 Å². The largest absolute Gasteiger partial charge is 0.484 e. The number of hydrogen-bond acceptors (Lipinski definition) is 6. The van der Waals surface area contributed by atoms with Gasteiger partial charge in [-0.25, -0.2) is 0 Å². The van der Waals surface area contributed by atoms with Crippen molar-refractivity contribution in [2.45, 2.75) is 6.92 Å². The van der Waals surface area contributed by atoms with E-state index < -0.39 is 17.1 Å². The van der Waals surface area contributed by atoms with Gasteiger partial charge in [0.1, 0.15) is 5.75 Å².